The topological polar surface area (TPSA) is 68.1 Å². The number of non-ortho nitro benzene ring substituents is 1. The Morgan fingerprint density at radius 2 is 2.26 bits per heavy atom. The number of nitro groups is 1. The predicted molar refractivity (Wildman–Crippen MR) is 77.0 cm³/mol. The lowest BCUT2D eigenvalue weighted by molar-refractivity contribution is -0.384. The van der Waals surface area contributed by atoms with E-state index in [-0.39, 0.29) is 11.7 Å². The highest BCUT2D eigenvalue weighted by atomic mass is 35.5. The molecule has 0 amide bonds. The van der Waals surface area contributed by atoms with Crippen LogP contribution in [0.25, 0.3) is 0 Å². The molecule has 1 unspecified atom stereocenters. The van der Waals surface area contributed by atoms with Gasteiger partial charge in [-0.05, 0) is 19.9 Å². The fraction of sp³-hybridized carbons (Fsp3) is 0.250. The minimum atomic E-state index is -0.469. The zero-order valence-corrected chi connectivity index (χ0v) is 12.0. The molecule has 2 aromatic rings. The van der Waals surface area contributed by atoms with Gasteiger partial charge in [-0.25, -0.2) is 4.98 Å². The lowest BCUT2D eigenvalue weighted by Gasteiger charge is -2.13. The highest BCUT2D eigenvalue weighted by molar-refractivity contribution is 7.11. The van der Waals surface area contributed by atoms with Gasteiger partial charge in [-0.15, -0.1) is 11.3 Å². The summed E-state index contributed by atoms with van der Waals surface area (Å²) < 4.78 is 0. The van der Waals surface area contributed by atoms with E-state index in [0.29, 0.717) is 10.7 Å². The zero-order valence-electron chi connectivity index (χ0n) is 10.4. The fourth-order valence-electron chi connectivity index (χ4n) is 1.60. The Morgan fingerprint density at radius 3 is 2.79 bits per heavy atom. The monoisotopic (exact) mass is 297 g/mol. The van der Waals surface area contributed by atoms with Crippen molar-refractivity contribution in [3.63, 3.8) is 0 Å². The van der Waals surface area contributed by atoms with Gasteiger partial charge in [0.1, 0.15) is 5.01 Å². The van der Waals surface area contributed by atoms with Gasteiger partial charge in [-0.3, -0.25) is 10.1 Å². The van der Waals surface area contributed by atoms with E-state index >= 15 is 0 Å². The second kappa shape index (κ2) is 5.54. The number of thiazole rings is 1. The average molecular weight is 298 g/mol. The van der Waals surface area contributed by atoms with E-state index in [4.69, 9.17) is 11.6 Å². The SMILES string of the molecule is Cc1cnc(C(C)Nc2ccc([N+](=O)[O-])cc2Cl)s1. The number of nitrogens with zero attached hydrogens (tertiary/aromatic N) is 2. The van der Waals surface area contributed by atoms with Crippen molar-refractivity contribution in [3.05, 3.63) is 49.4 Å². The molecule has 1 aromatic carbocycles. The third-order valence-electron chi connectivity index (χ3n) is 2.55. The lowest BCUT2D eigenvalue weighted by atomic mass is 10.2. The number of nitrogens with one attached hydrogen (secondary N) is 1. The molecule has 0 aliphatic rings. The molecule has 0 saturated heterocycles. The Kier molecular flexibility index (Phi) is 4.01. The molecule has 5 nitrogen and oxygen atoms in total. The van der Waals surface area contributed by atoms with Gasteiger partial charge >= 0.3 is 0 Å². The molecule has 2 rings (SSSR count). The summed E-state index contributed by atoms with van der Waals surface area (Å²) in [5.41, 5.74) is 0.640. The Bertz CT molecular complexity index is 615. The molecule has 1 atom stereocenters. The number of rotatable bonds is 4. The first-order valence-electron chi connectivity index (χ1n) is 5.60. The molecule has 1 N–H and O–H groups in total. The number of aryl methyl sites for hydroxylation is 1. The van der Waals surface area contributed by atoms with Crippen LogP contribution in [0.1, 0.15) is 22.9 Å². The van der Waals surface area contributed by atoms with E-state index in [2.05, 4.69) is 10.3 Å². The Morgan fingerprint density at radius 1 is 1.53 bits per heavy atom. The van der Waals surface area contributed by atoms with Gasteiger partial charge in [-0.1, -0.05) is 11.6 Å². The molecule has 0 saturated carbocycles. The molecule has 1 aromatic heterocycles. The third-order valence-corrected chi connectivity index (χ3v) is 3.95. The summed E-state index contributed by atoms with van der Waals surface area (Å²) in [4.78, 5) is 15.6. The van der Waals surface area contributed by atoms with E-state index in [9.17, 15) is 10.1 Å². The first kappa shape index (κ1) is 13.8. The Labute approximate surface area is 119 Å². The van der Waals surface area contributed by atoms with Crippen LogP contribution in [-0.4, -0.2) is 9.91 Å². The first-order chi connectivity index (χ1) is 8.97. The quantitative estimate of drug-likeness (QED) is 0.679. The smallest absolute Gasteiger partial charge is 0.271 e. The van der Waals surface area contributed by atoms with Gasteiger partial charge in [0.05, 0.1) is 21.7 Å². The largest absolute Gasteiger partial charge is 0.375 e. The fourth-order valence-corrected chi connectivity index (χ4v) is 2.61. The molecular formula is C12H12ClN3O2S. The Hall–Kier alpha value is -1.66. The van der Waals surface area contributed by atoms with Crippen molar-refractivity contribution in [1.29, 1.82) is 0 Å². The van der Waals surface area contributed by atoms with Crippen LogP contribution in [-0.2, 0) is 0 Å². The Balaban J connectivity index is 2.17. The van der Waals surface area contributed by atoms with Gasteiger partial charge in [0.2, 0.25) is 0 Å². The van der Waals surface area contributed by atoms with Crippen molar-refractivity contribution in [2.45, 2.75) is 19.9 Å². The summed E-state index contributed by atoms with van der Waals surface area (Å²) >= 11 is 7.63. The maximum atomic E-state index is 10.6. The minimum Gasteiger partial charge on any atom is -0.375 e. The van der Waals surface area contributed by atoms with Crippen LogP contribution in [0.3, 0.4) is 0 Å². The van der Waals surface area contributed by atoms with Gasteiger partial charge in [0.15, 0.2) is 0 Å². The molecule has 7 heteroatoms. The summed E-state index contributed by atoms with van der Waals surface area (Å²) in [6.45, 7) is 3.96. The van der Waals surface area contributed by atoms with Crippen LogP contribution < -0.4 is 5.32 Å². The maximum Gasteiger partial charge on any atom is 0.271 e. The molecule has 0 fully saturated rings. The number of aromatic nitrogens is 1. The van der Waals surface area contributed by atoms with Crippen molar-refractivity contribution < 1.29 is 4.92 Å². The predicted octanol–water partition coefficient (Wildman–Crippen LogP) is 4.19. The van der Waals surface area contributed by atoms with Crippen molar-refractivity contribution in [2.24, 2.45) is 0 Å². The highest BCUT2D eigenvalue weighted by Gasteiger charge is 2.13. The van der Waals surface area contributed by atoms with E-state index < -0.39 is 4.92 Å². The van der Waals surface area contributed by atoms with E-state index in [0.717, 1.165) is 9.88 Å². The minimum absolute atomic E-state index is 0.00217. The molecular weight excluding hydrogens is 286 g/mol. The molecule has 100 valence electrons. The summed E-state index contributed by atoms with van der Waals surface area (Å²) in [6.07, 6.45) is 1.82. The second-order valence-corrected chi connectivity index (χ2v) is 5.77. The number of halogens is 1. The molecule has 1 heterocycles. The number of anilines is 1. The summed E-state index contributed by atoms with van der Waals surface area (Å²) in [5.74, 6) is 0. The molecule has 19 heavy (non-hydrogen) atoms. The molecule has 0 radical (unpaired) electrons. The van der Waals surface area contributed by atoms with Crippen LogP contribution in [0.4, 0.5) is 11.4 Å². The van der Waals surface area contributed by atoms with Crippen molar-refractivity contribution >= 4 is 34.3 Å². The summed E-state index contributed by atoms with van der Waals surface area (Å²) in [7, 11) is 0. The summed E-state index contributed by atoms with van der Waals surface area (Å²) in [5, 5.41) is 15.1. The van der Waals surface area contributed by atoms with Crippen LogP contribution >= 0.6 is 22.9 Å². The van der Waals surface area contributed by atoms with Crippen LogP contribution in [0, 0.1) is 17.0 Å². The number of hydrogen-bond donors (Lipinski definition) is 1. The molecule has 0 spiro atoms. The van der Waals surface area contributed by atoms with Crippen molar-refractivity contribution in [2.75, 3.05) is 5.32 Å². The second-order valence-electron chi connectivity index (χ2n) is 4.10. The van der Waals surface area contributed by atoms with E-state index in [1.54, 1.807) is 17.4 Å². The lowest BCUT2D eigenvalue weighted by Crippen LogP contribution is -2.06. The standard InChI is InChI=1S/C12H12ClN3O2S/c1-7-6-14-12(19-7)8(2)15-11-4-3-9(16(17)18)5-10(11)13/h3-6,8,15H,1-2H3. The van der Waals surface area contributed by atoms with Gasteiger partial charge < -0.3 is 5.32 Å². The van der Waals surface area contributed by atoms with Crippen LogP contribution in [0.15, 0.2) is 24.4 Å². The van der Waals surface area contributed by atoms with E-state index in [1.165, 1.54) is 12.1 Å². The van der Waals surface area contributed by atoms with Crippen molar-refractivity contribution in [1.82, 2.24) is 4.98 Å². The maximum absolute atomic E-state index is 10.6. The van der Waals surface area contributed by atoms with E-state index in [1.807, 2.05) is 20.0 Å². The average Bonchev–Trinajstić information content (AvgIpc) is 2.78. The first-order valence-corrected chi connectivity index (χ1v) is 6.79. The number of benzene rings is 1. The van der Waals surface area contributed by atoms with Gasteiger partial charge in [-0.2, -0.15) is 0 Å². The third kappa shape index (κ3) is 3.21. The van der Waals surface area contributed by atoms with Gasteiger partial charge in [0, 0.05) is 23.2 Å². The zero-order chi connectivity index (χ0) is 14.0. The summed E-state index contributed by atoms with van der Waals surface area (Å²) in [6, 6.07) is 4.37. The normalized spacial score (nSPS) is 12.2. The number of hydrogen-bond acceptors (Lipinski definition) is 5. The van der Waals surface area contributed by atoms with Gasteiger partial charge in [0.25, 0.3) is 5.69 Å². The molecule has 0 aliphatic carbocycles. The molecule has 0 aliphatic heterocycles. The number of nitro benzene ring substituents is 1. The van der Waals surface area contributed by atoms with Crippen LogP contribution in [0.5, 0.6) is 0 Å². The molecule has 0 bridgehead atoms. The van der Waals surface area contributed by atoms with Crippen molar-refractivity contribution in [3.8, 4) is 0 Å². The van der Waals surface area contributed by atoms with Crippen LogP contribution in [0.2, 0.25) is 5.02 Å². The highest BCUT2D eigenvalue weighted by Crippen LogP contribution is 2.30.